The third kappa shape index (κ3) is 3.21. The van der Waals surface area contributed by atoms with Gasteiger partial charge in [-0.15, -0.1) is 0 Å². The third-order valence-electron chi connectivity index (χ3n) is 2.53. The number of carbonyl (C=O) groups is 1. The molecule has 2 N–H and O–H groups in total. The molecule has 15 heavy (non-hydrogen) atoms. The van der Waals surface area contributed by atoms with Crippen LogP contribution in [0.3, 0.4) is 0 Å². The van der Waals surface area contributed by atoms with Crippen LogP contribution in [0.4, 0.5) is 8.78 Å². The van der Waals surface area contributed by atoms with E-state index >= 15 is 0 Å². The van der Waals surface area contributed by atoms with Gasteiger partial charge >= 0.3 is 0 Å². The molecule has 0 aromatic heterocycles. The van der Waals surface area contributed by atoms with Crippen LogP contribution < -0.4 is 10.6 Å². The molecule has 3 nitrogen and oxygen atoms in total. The zero-order valence-electron chi connectivity index (χ0n) is 9.31. The van der Waals surface area contributed by atoms with Crippen molar-refractivity contribution in [1.82, 2.24) is 10.6 Å². The Morgan fingerprint density at radius 2 is 1.73 bits per heavy atom. The second kappa shape index (κ2) is 4.53. The number of Topliss-reactive ketones (excluding diaryl/α,β-unsaturated/α-hetero) is 1. The Morgan fingerprint density at radius 3 is 2.07 bits per heavy atom. The van der Waals surface area contributed by atoms with Gasteiger partial charge in [-0.25, -0.2) is 8.78 Å². The highest BCUT2D eigenvalue weighted by atomic mass is 19.3. The number of ketones is 1. The van der Waals surface area contributed by atoms with Crippen molar-refractivity contribution in [2.24, 2.45) is 11.3 Å². The quantitative estimate of drug-likeness (QED) is 0.729. The minimum atomic E-state index is -2.43. The normalized spacial score (nSPS) is 28.1. The molecule has 88 valence electrons. The summed E-state index contributed by atoms with van der Waals surface area (Å²) in [5.41, 5.74) is -0.411. The fourth-order valence-electron chi connectivity index (χ4n) is 1.66. The summed E-state index contributed by atoms with van der Waals surface area (Å²) in [7, 11) is 0. The van der Waals surface area contributed by atoms with Crippen LogP contribution in [0.1, 0.15) is 20.8 Å². The molecule has 1 saturated heterocycles. The van der Waals surface area contributed by atoms with E-state index in [1.807, 2.05) is 20.8 Å². The largest absolute Gasteiger partial charge is 0.299 e. The van der Waals surface area contributed by atoms with Crippen LogP contribution in [0, 0.1) is 11.3 Å². The molecule has 1 aliphatic rings. The van der Waals surface area contributed by atoms with Gasteiger partial charge < -0.3 is 0 Å². The lowest BCUT2D eigenvalue weighted by atomic mass is 9.82. The Hall–Kier alpha value is -0.550. The molecule has 1 rings (SSSR count). The van der Waals surface area contributed by atoms with Gasteiger partial charge in [0.05, 0.1) is 0 Å². The zero-order valence-corrected chi connectivity index (χ0v) is 9.31. The first-order valence-electron chi connectivity index (χ1n) is 5.11. The predicted octanol–water partition coefficient (Wildman–Crippen LogP) is 1.00. The van der Waals surface area contributed by atoms with E-state index in [9.17, 15) is 13.6 Å². The minimum Gasteiger partial charge on any atom is -0.299 e. The Balaban J connectivity index is 2.48. The van der Waals surface area contributed by atoms with Crippen LogP contribution in [0.5, 0.6) is 0 Å². The lowest BCUT2D eigenvalue weighted by Crippen LogP contribution is -2.58. The lowest BCUT2D eigenvalue weighted by molar-refractivity contribution is -0.131. The topological polar surface area (TPSA) is 41.1 Å². The van der Waals surface area contributed by atoms with Gasteiger partial charge in [0.1, 0.15) is 11.9 Å². The molecule has 1 heterocycles. The zero-order chi connectivity index (χ0) is 11.6. The van der Waals surface area contributed by atoms with Crippen LogP contribution in [0.2, 0.25) is 0 Å². The molecule has 0 aromatic rings. The lowest BCUT2D eigenvalue weighted by Gasteiger charge is -2.33. The monoisotopic (exact) mass is 220 g/mol. The van der Waals surface area contributed by atoms with E-state index < -0.39 is 18.0 Å². The number of hydrogen-bond acceptors (Lipinski definition) is 3. The van der Waals surface area contributed by atoms with Crippen molar-refractivity contribution in [3.63, 3.8) is 0 Å². The van der Waals surface area contributed by atoms with E-state index in [0.717, 1.165) is 0 Å². The first kappa shape index (κ1) is 12.5. The van der Waals surface area contributed by atoms with Crippen LogP contribution in [-0.4, -0.2) is 31.5 Å². The van der Waals surface area contributed by atoms with Gasteiger partial charge in [-0.1, -0.05) is 20.8 Å². The van der Waals surface area contributed by atoms with Crippen molar-refractivity contribution < 1.29 is 13.6 Å². The van der Waals surface area contributed by atoms with Crippen molar-refractivity contribution in [1.29, 1.82) is 0 Å². The van der Waals surface area contributed by atoms with E-state index in [4.69, 9.17) is 0 Å². The van der Waals surface area contributed by atoms with E-state index in [2.05, 4.69) is 10.6 Å². The average Bonchev–Trinajstić information content (AvgIpc) is 2.15. The van der Waals surface area contributed by atoms with E-state index in [0.29, 0.717) is 13.1 Å². The molecular formula is C10H18F2N2O. The average molecular weight is 220 g/mol. The highest BCUT2D eigenvalue weighted by Gasteiger charge is 2.34. The fourth-order valence-corrected chi connectivity index (χ4v) is 1.66. The summed E-state index contributed by atoms with van der Waals surface area (Å²) in [5, 5.41) is 5.28. The smallest absolute Gasteiger partial charge is 0.266 e. The first-order valence-corrected chi connectivity index (χ1v) is 5.11. The molecule has 5 heteroatoms. The van der Waals surface area contributed by atoms with Crippen LogP contribution in [0.15, 0.2) is 0 Å². The second-order valence-electron chi connectivity index (χ2n) is 4.94. The van der Waals surface area contributed by atoms with Crippen LogP contribution in [-0.2, 0) is 4.79 Å². The minimum absolute atomic E-state index is 0.107. The standard InChI is InChI=1S/C10H18F2N2O/c1-10(2,3)7(15)6-4-13-9(8(11)12)14-5-6/h6,8-9,13-14H,4-5H2,1-3H3. The summed E-state index contributed by atoms with van der Waals surface area (Å²) < 4.78 is 24.5. The fraction of sp³-hybridized carbons (Fsp3) is 0.900. The van der Waals surface area contributed by atoms with Crippen molar-refractivity contribution in [3.8, 4) is 0 Å². The summed E-state index contributed by atoms with van der Waals surface area (Å²) in [6.45, 7) is 6.19. The van der Waals surface area contributed by atoms with Crippen molar-refractivity contribution in [2.45, 2.75) is 33.4 Å². The molecule has 0 radical (unpaired) electrons. The molecule has 0 aromatic carbocycles. The predicted molar refractivity (Wildman–Crippen MR) is 53.7 cm³/mol. The summed E-state index contributed by atoms with van der Waals surface area (Å²) in [6.07, 6.45) is -3.41. The van der Waals surface area contributed by atoms with Gasteiger partial charge in [-0.3, -0.25) is 15.4 Å². The molecule has 1 aliphatic heterocycles. The molecule has 0 aliphatic carbocycles. The SMILES string of the molecule is CC(C)(C)C(=O)C1CNC(C(F)F)NC1. The van der Waals surface area contributed by atoms with Gasteiger partial charge in [0.15, 0.2) is 0 Å². The van der Waals surface area contributed by atoms with E-state index in [1.165, 1.54) is 0 Å². The molecule has 0 spiro atoms. The highest BCUT2D eigenvalue weighted by Crippen LogP contribution is 2.21. The number of alkyl halides is 2. The summed E-state index contributed by atoms with van der Waals surface area (Å²) >= 11 is 0. The number of rotatable bonds is 2. The van der Waals surface area contributed by atoms with Crippen LogP contribution in [0.25, 0.3) is 0 Å². The van der Waals surface area contributed by atoms with E-state index in [-0.39, 0.29) is 11.7 Å². The summed E-state index contributed by atoms with van der Waals surface area (Å²) in [6, 6.07) is 0. The second-order valence-corrected chi connectivity index (χ2v) is 4.94. The van der Waals surface area contributed by atoms with Gasteiger partial charge in [0, 0.05) is 24.4 Å². The summed E-state index contributed by atoms with van der Waals surface area (Å²) in [5.74, 6) is -0.102. The van der Waals surface area contributed by atoms with Gasteiger partial charge in [-0.05, 0) is 0 Å². The van der Waals surface area contributed by atoms with Crippen molar-refractivity contribution >= 4 is 5.78 Å². The third-order valence-corrected chi connectivity index (χ3v) is 2.53. The number of halogens is 2. The maximum atomic E-state index is 12.3. The van der Waals surface area contributed by atoms with Crippen molar-refractivity contribution in [2.75, 3.05) is 13.1 Å². The molecule has 0 atom stereocenters. The molecular weight excluding hydrogens is 202 g/mol. The number of nitrogens with one attached hydrogen (secondary N) is 2. The maximum absolute atomic E-state index is 12.3. The van der Waals surface area contributed by atoms with E-state index in [1.54, 1.807) is 0 Å². The van der Waals surface area contributed by atoms with Gasteiger partial charge in [-0.2, -0.15) is 0 Å². The molecule has 0 amide bonds. The van der Waals surface area contributed by atoms with Gasteiger partial charge in [0.25, 0.3) is 6.43 Å². The number of carbonyl (C=O) groups excluding carboxylic acids is 1. The summed E-state index contributed by atoms with van der Waals surface area (Å²) in [4.78, 5) is 11.8. The van der Waals surface area contributed by atoms with Gasteiger partial charge in [0.2, 0.25) is 0 Å². The molecule has 0 bridgehead atoms. The van der Waals surface area contributed by atoms with Crippen molar-refractivity contribution in [3.05, 3.63) is 0 Å². The molecule has 0 saturated carbocycles. The first-order chi connectivity index (χ1) is 6.82. The molecule has 0 unspecified atom stereocenters. The Bertz CT molecular complexity index is 230. The van der Waals surface area contributed by atoms with Crippen LogP contribution >= 0.6 is 0 Å². The highest BCUT2D eigenvalue weighted by molar-refractivity contribution is 5.86. The Kier molecular flexibility index (Phi) is 3.78. The maximum Gasteiger partial charge on any atom is 0.266 e. The molecule has 1 fully saturated rings. The Labute approximate surface area is 88.6 Å². The number of hydrogen-bond donors (Lipinski definition) is 2. The Morgan fingerprint density at radius 1 is 1.27 bits per heavy atom.